The molecule has 142 valence electrons. The summed E-state index contributed by atoms with van der Waals surface area (Å²) >= 11 is 0. The maximum atomic E-state index is 12.7. The maximum Gasteiger partial charge on any atom is 0.293 e. The molecule has 0 radical (unpaired) electrons. The van der Waals surface area contributed by atoms with Crippen LogP contribution in [-0.2, 0) is 19.5 Å². The van der Waals surface area contributed by atoms with Crippen LogP contribution in [-0.4, -0.2) is 43.6 Å². The van der Waals surface area contributed by atoms with Gasteiger partial charge in [0.25, 0.3) is 5.91 Å². The lowest BCUT2D eigenvalue weighted by molar-refractivity contribution is 0.100. The third-order valence-electron chi connectivity index (χ3n) is 5.73. The molecule has 2 aliphatic heterocycles. The van der Waals surface area contributed by atoms with Crippen molar-refractivity contribution in [1.29, 1.82) is 0 Å². The van der Waals surface area contributed by atoms with Crippen LogP contribution in [0.4, 0.5) is 5.69 Å². The van der Waals surface area contributed by atoms with Crippen molar-refractivity contribution in [2.24, 2.45) is 11.8 Å². The Morgan fingerprint density at radius 2 is 1.79 bits per heavy atom. The van der Waals surface area contributed by atoms with Gasteiger partial charge >= 0.3 is 0 Å². The fourth-order valence-electron chi connectivity index (χ4n) is 4.37. The summed E-state index contributed by atoms with van der Waals surface area (Å²) in [7, 11) is 0. The van der Waals surface area contributed by atoms with Crippen LogP contribution >= 0.6 is 0 Å². The highest BCUT2D eigenvalue weighted by Crippen LogP contribution is 2.33. The standard InChI is InChI=1S/C21H22N6O/c28-21(23-18-4-2-1-3-5-18)20-25-24-19-10-16-12-26(13-17(16)14-27(19)20)11-15-6-8-22-9-7-15/h1-9,16-17H,10-14H2,(H,23,28)/t16-,17-/m1/s1. The first-order valence-electron chi connectivity index (χ1n) is 9.66. The number of nitrogens with one attached hydrogen (secondary N) is 1. The Hall–Kier alpha value is -3.06. The normalized spacial score (nSPS) is 21.1. The predicted molar refractivity (Wildman–Crippen MR) is 105 cm³/mol. The number of fused-ring (bicyclic) bond motifs is 2. The molecule has 5 rings (SSSR count). The molecule has 1 aromatic carbocycles. The smallest absolute Gasteiger partial charge is 0.293 e. The molecule has 4 heterocycles. The fraction of sp³-hybridized carbons (Fsp3) is 0.333. The summed E-state index contributed by atoms with van der Waals surface area (Å²) in [4.78, 5) is 19.3. The van der Waals surface area contributed by atoms with Crippen LogP contribution in [0, 0.1) is 11.8 Å². The van der Waals surface area contributed by atoms with Crippen LogP contribution in [0.5, 0.6) is 0 Å². The Morgan fingerprint density at radius 3 is 2.61 bits per heavy atom. The molecule has 0 bridgehead atoms. The van der Waals surface area contributed by atoms with Crippen LogP contribution in [0.15, 0.2) is 54.9 Å². The number of amides is 1. The average Bonchev–Trinajstić information content (AvgIpc) is 3.30. The molecule has 28 heavy (non-hydrogen) atoms. The van der Waals surface area contributed by atoms with E-state index in [-0.39, 0.29) is 5.91 Å². The highest BCUT2D eigenvalue weighted by molar-refractivity contribution is 6.01. The summed E-state index contributed by atoms with van der Waals surface area (Å²) in [5.74, 6) is 2.22. The Balaban J connectivity index is 1.29. The van der Waals surface area contributed by atoms with E-state index in [2.05, 4.69) is 37.5 Å². The van der Waals surface area contributed by atoms with E-state index in [4.69, 9.17) is 0 Å². The van der Waals surface area contributed by atoms with Gasteiger partial charge in [0.05, 0.1) is 0 Å². The minimum absolute atomic E-state index is 0.199. The zero-order valence-corrected chi connectivity index (χ0v) is 15.5. The van der Waals surface area contributed by atoms with Gasteiger partial charge in [0.1, 0.15) is 5.82 Å². The number of carbonyl (C=O) groups excluding carboxylic acids is 1. The summed E-state index contributed by atoms with van der Waals surface area (Å²) in [6.45, 7) is 3.84. The Bertz CT molecular complexity index is 971. The number of pyridine rings is 1. The Kier molecular flexibility index (Phi) is 4.37. The quantitative estimate of drug-likeness (QED) is 0.758. The molecule has 0 saturated carbocycles. The highest BCUT2D eigenvalue weighted by atomic mass is 16.2. The lowest BCUT2D eigenvalue weighted by Gasteiger charge is -2.25. The van der Waals surface area contributed by atoms with Gasteiger partial charge in [-0.05, 0) is 41.7 Å². The molecule has 1 N–H and O–H groups in total. The van der Waals surface area contributed by atoms with Gasteiger partial charge in [-0.15, -0.1) is 10.2 Å². The summed E-state index contributed by atoms with van der Waals surface area (Å²) < 4.78 is 2.01. The van der Waals surface area contributed by atoms with E-state index < -0.39 is 0 Å². The molecule has 2 aliphatic rings. The molecule has 7 heteroatoms. The van der Waals surface area contributed by atoms with Crippen molar-refractivity contribution < 1.29 is 4.79 Å². The van der Waals surface area contributed by atoms with Crippen LogP contribution in [0.3, 0.4) is 0 Å². The summed E-state index contributed by atoms with van der Waals surface area (Å²) in [5.41, 5.74) is 2.05. The van der Waals surface area contributed by atoms with Gasteiger partial charge in [0, 0.05) is 50.7 Å². The first-order valence-corrected chi connectivity index (χ1v) is 9.66. The van der Waals surface area contributed by atoms with E-state index in [0.29, 0.717) is 17.7 Å². The lowest BCUT2D eigenvalue weighted by atomic mass is 9.89. The SMILES string of the molecule is O=C(Nc1ccccc1)c1nnc2n1C[C@H]1CN(Cc3ccncc3)C[C@H]1C2. The van der Waals surface area contributed by atoms with Crippen LogP contribution < -0.4 is 5.32 Å². The van der Waals surface area contributed by atoms with E-state index >= 15 is 0 Å². The number of carbonyl (C=O) groups is 1. The van der Waals surface area contributed by atoms with E-state index in [1.54, 1.807) is 0 Å². The molecule has 1 fully saturated rings. The van der Waals surface area contributed by atoms with E-state index in [1.165, 1.54) is 5.56 Å². The number of para-hydroxylation sites is 1. The number of likely N-dealkylation sites (tertiary alicyclic amines) is 1. The number of hydrogen-bond acceptors (Lipinski definition) is 5. The molecule has 2 aromatic heterocycles. The largest absolute Gasteiger partial charge is 0.319 e. The minimum Gasteiger partial charge on any atom is -0.319 e. The predicted octanol–water partition coefficient (Wildman–Crippen LogP) is 2.23. The molecule has 3 aromatic rings. The Morgan fingerprint density at radius 1 is 1.00 bits per heavy atom. The van der Waals surface area contributed by atoms with Crippen LogP contribution in [0.2, 0.25) is 0 Å². The monoisotopic (exact) mass is 374 g/mol. The van der Waals surface area contributed by atoms with Crippen molar-refractivity contribution in [2.45, 2.75) is 19.5 Å². The molecule has 0 unspecified atom stereocenters. The zero-order valence-electron chi connectivity index (χ0n) is 15.5. The van der Waals surface area contributed by atoms with Gasteiger partial charge in [-0.2, -0.15) is 0 Å². The molecule has 0 spiro atoms. The number of hydrogen-bond donors (Lipinski definition) is 1. The van der Waals surface area contributed by atoms with Crippen molar-refractivity contribution >= 4 is 11.6 Å². The van der Waals surface area contributed by atoms with Crippen molar-refractivity contribution in [1.82, 2.24) is 24.6 Å². The molecule has 1 saturated heterocycles. The Labute approximate surface area is 163 Å². The zero-order chi connectivity index (χ0) is 18.9. The second-order valence-corrected chi connectivity index (χ2v) is 7.64. The van der Waals surface area contributed by atoms with Gasteiger partial charge < -0.3 is 9.88 Å². The van der Waals surface area contributed by atoms with Gasteiger partial charge in [-0.25, -0.2) is 0 Å². The van der Waals surface area contributed by atoms with E-state index in [1.807, 2.05) is 47.3 Å². The molecule has 7 nitrogen and oxygen atoms in total. The number of aromatic nitrogens is 4. The first kappa shape index (κ1) is 17.1. The molecule has 1 amide bonds. The lowest BCUT2D eigenvalue weighted by Crippen LogP contribution is -2.31. The van der Waals surface area contributed by atoms with Gasteiger partial charge in [-0.1, -0.05) is 18.2 Å². The van der Waals surface area contributed by atoms with Gasteiger partial charge in [0.2, 0.25) is 5.82 Å². The van der Waals surface area contributed by atoms with Crippen molar-refractivity contribution in [3.63, 3.8) is 0 Å². The van der Waals surface area contributed by atoms with Crippen LogP contribution in [0.25, 0.3) is 0 Å². The number of anilines is 1. The summed E-state index contributed by atoms with van der Waals surface area (Å²) in [5, 5.41) is 11.4. The van der Waals surface area contributed by atoms with Crippen molar-refractivity contribution in [3.05, 3.63) is 72.1 Å². The third-order valence-corrected chi connectivity index (χ3v) is 5.73. The average molecular weight is 374 g/mol. The fourth-order valence-corrected chi connectivity index (χ4v) is 4.37. The van der Waals surface area contributed by atoms with Crippen molar-refractivity contribution in [2.75, 3.05) is 18.4 Å². The van der Waals surface area contributed by atoms with Gasteiger partial charge in [-0.3, -0.25) is 14.7 Å². The second-order valence-electron chi connectivity index (χ2n) is 7.64. The first-order chi connectivity index (χ1) is 13.8. The molecular weight excluding hydrogens is 352 g/mol. The van der Waals surface area contributed by atoms with Gasteiger partial charge in [0.15, 0.2) is 0 Å². The van der Waals surface area contributed by atoms with Crippen LogP contribution in [0.1, 0.15) is 22.0 Å². The number of benzene rings is 1. The molecule has 2 atom stereocenters. The maximum absolute atomic E-state index is 12.7. The highest BCUT2D eigenvalue weighted by Gasteiger charge is 2.39. The topological polar surface area (TPSA) is 75.9 Å². The summed E-state index contributed by atoms with van der Waals surface area (Å²) in [6.07, 6.45) is 4.57. The molecule has 0 aliphatic carbocycles. The second kappa shape index (κ2) is 7.16. The van der Waals surface area contributed by atoms with E-state index in [0.717, 1.165) is 44.1 Å². The third kappa shape index (κ3) is 3.29. The van der Waals surface area contributed by atoms with E-state index in [9.17, 15) is 4.79 Å². The number of rotatable bonds is 4. The molecular formula is C21H22N6O. The summed E-state index contributed by atoms with van der Waals surface area (Å²) in [6, 6.07) is 13.6. The minimum atomic E-state index is -0.199. The van der Waals surface area contributed by atoms with Crippen molar-refractivity contribution in [3.8, 4) is 0 Å². The number of nitrogens with zero attached hydrogens (tertiary/aromatic N) is 5.